The van der Waals surface area contributed by atoms with Crippen molar-refractivity contribution in [3.8, 4) is 0 Å². The van der Waals surface area contributed by atoms with Crippen LogP contribution in [0.15, 0.2) is 22.7 Å². The summed E-state index contributed by atoms with van der Waals surface area (Å²) in [5.74, 6) is -1.48. The molecule has 7 nitrogen and oxygen atoms in total. The summed E-state index contributed by atoms with van der Waals surface area (Å²) in [6, 6.07) is 4.21. The van der Waals surface area contributed by atoms with Gasteiger partial charge in [0.1, 0.15) is 6.04 Å². The summed E-state index contributed by atoms with van der Waals surface area (Å²) in [5, 5.41) is 5.37. The minimum absolute atomic E-state index is 0.0273. The van der Waals surface area contributed by atoms with E-state index in [0.717, 1.165) is 11.3 Å². The summed E-state index contributed by atoms with van der Waals surface area (Å²) in [6.45, 7) is 5.40. The zero-order valence-electron chi connectivity index (χ0n) is 15.0. The van der Waals surface area contributed by atoms with Gasteiger partial charge in [-0.3, -0.25) is 24.1 Å². The maximum absolute atomic E-state index is 12.3. The van der Waals surface area contributed by atoms with Crippen molar-refractivity contribution in [1.82, 2.24) is 15.5 Å². The molecule has 0 aromatic heterocycles. The molecule has 2 N–H and O–H groups in total. The fourth-order valence-electron chi connectivity index (χ4n) is 2.53. The van der Waals surface area contributed by atoms with Crippen LogP contribution in [0.25, 0.3) is 0 Å². The zero-order valence-corrected chi connectivity index (χ0v) is 16.6. The van der Waals surface area contributed by atoms with Gasteiger partial charge in [0, 0.05) is 23.5 Å². The van der Waals surface area contributed by atoms with Crippen LogP contribution in [0.3, 0.4) is 0 Å². The molecule has 1 aliphatic heterocycles. The molecule has 0 saturated carbocycles. The first kappa shape index (κ1) is 20.1. The maximum atomic E-state index is 12.3. The third kappa shape index (κ3) is 4.49. The molecule has 0 radical (unpaired) electrons. The molecular formula is C18H22BrN3O4. The van der Waals surface area contributed by atoms with Gasteiger partial charge in [-0.1, -0.05) is 22.9 Å². The van der Waals surface area contributed by atoms with Gasteiger partial charge >= 0.3 is 0 Å². The molecule has 1 aromatic carbocycles. The van der Waals surface area contributed by atoms with Crippen molar-refractivity contribution in [2.24, 2.45) is 0 Å². The van der Waals surface area contributed by atoms with E-state index in [1.54, 1.807) is 25.1 Å². The topological polar surface area (TPSA) is 95.6 Å². The molecule has 1 aromatic rings. The smallest absolute Gasteiger partial charge is 0.261 e. The predicted molar refractivity (Wildman–Crippen MR) is 99.6 cm³/mol. The van der Waals surface area contributed by atoms with Gasteiger partial charge in [0.05, 0.1) is 11.1 Å². The second-order valence-corrected chi connectivity index (χ2v) is 7.22. The Kier molecular flexibility index (Phi) is 6.52. The van der Waals surface area contributed by atoms with Crippen LogP contribution in [-0.4, -0.2) is 47.2 Å². The van der Waals surface area contributed by atoms with Gasteiger partial charge in [-0.15, -0.1) is 0 Å². The second-order valence-electron chi connectivity index (χ2n) is 6.31. The fraction of sp³-hybridized carbons (Fsp3) is 0.444. The first-order chi connectivity index (χ1) is 12.2. The molecule has 0 aliphatic carbocycles. The van der Waals surface area contributed by atoms with Crippen molar-refractivity contribution in [3.63, 3.8) is 0 Å². The van der Waals surface area contributed by atoms with Crippen LogP contribution in [0.5, 0.6) is 0 Å². The van der Waals surface area contributed by atoms with E-state index in [1.165, 1.54) is 0 Å². The molecular weight excluding hydrogens is 402 g/mol. The Hall–Kier alpha value is -2.22. The van der Waals surface area contributed by atoms with Gasteiger partial charge < -0.3 is 10.6 Å². The number of imide groups is 1. The average Bonchev–Trinajstić information content (AvgIpc) is 2.83. The summed E-state index contributed by atoms with van der Waals surface area (Å²) in [7, 11) is 0. The van der Waals surface area contributed by atoms with Crippen molar-refractivity contribution < 1.29 is 19.2 Å². The highest BCUT2D eigenvalue weighted by Crippen LogP contribution is 2.26. The summed E-state index contributed by atoms with van der Waals surface area (Å²) in [6.07, 6.45) is 0.732. The number of nitrogens with one attached hydrogen (secondary N) is 2. The largest absolute Gasteiger partial charge is 0.352 e. The Morgan fingerprint density at radius 2 is 1.77 bits per heavy atom. The summed E-state index contributed by atoms with van der Waals surface area (Å²) >= 11 is 3.27. The van der Waals surface area contributed by atoms with E-state index >= 15 is 0 Å². The lowest BCUT2D eigenvalue weighted by molar-refractivity contribution is -0.129. The Morgan fingerprint density at radius 3 is 2.42 bits per heavy atom. The maximum Gasteiger partial charge on any atom is 0.261 e. The first-order valence-corrected chi connectivity index (χ1v) is 9.29. The monoisotopic (exact) mass is 423 g/mol. The first-order valence-electron chi connectivity index (χ1n) is 8.50. The highest BCUT2D eigenvalue weighted by Gasteiger charge is 2.35. The van der Waals surface area contributed by atoms with Crippen LogP contribution in [-0.2, 0) is 9.59 Å². The van der Waals surface area contributed by atoms with E-state index in [9.17, 15) is 19.2 Å². The molecule has 140 valence electrons. The van der Waals surface area contributed by atoms with Gasteiger partial charge in [0.15, 0.2) is 0 Å². The number of fused-ring (bicyclic) bond motifs is 1. The third-order valence-electron chi connectivity index (χ3n) is 4.27. The lowest BCUT2D eigenvalue weighted by Gasteiger charge is -2.18. The standard InChI is InChI=1S/C18H22BrN3O4/c1-4-10(2)20-16(24)11(3)21-15(23)7-8-22-17(25)13-6-5-12(19)9-14(13)18(22)26/h5-6,9-11H,4,7-8H2,1-3H3,(H,20,24)(H,21,23). The molecule has 1 heterocycles. The molecule has 1 aliphatic rings. The Morgan fingerprint density at radius 1 is 1.12 bits per heavy atom. The molecule has 0 bridgehead atoms. The van der Waals surface area contributed by atoms with Gasteiger partial charge in [0.25, 0.3) is 11.8 Å². The van der Waals surface area contributed by atoms with E-state index in [4.69, 9.17) is 0 Å². The number of hydrogen-bond acceptors (Lipinski definition) is 4. The van der Waals surface area contributed by atoms with E-state index in [2.05, 4.69) is 26.6 Å². The number of hydrogen-bond donors (Lipinski definition) is 2. The van der Waals surface area contributed by atoms with Crippen LogP contribution in [0.1, 0.15) is 54.3 Å². The van der Waals surface area contributed by atoms with Crippen molar-refractivity contribution in [1.29, 1.82) is 0 Å². The lowest BCUT2D eigenvalue weighted by Crippen LogP contribution is -2.47. The van der Waals surface area contributed by atoms with E-state index in [1.807, 2.05) is 13.8 Å². The van der Waals surface area contributed by atoms with Crippen LogP contribution in [0, 0.1) is 0 Å². The van der Waals surface area contributed by atoms with Gasteiger partial charge in [-0.05, 0) is 38.5 Å². The minimum Gasteiger partial charge on any atom is -0.352 e. The molecule has 0 fully saturated rings. The molecule has 4 amide bonds. The van der Waals surface area contributed by atoms with Gasteiger partial charge in [-0.2, -0.15) is 0 Å². The van der Waals surface area contributed by atoms with E-state index < -0.39 is 23.8 Å². The number of carbonyl (C=O) groups is 4. The lowest BCUT2D eigenvalue weighted by atomic mass is 10.1. The Balaban J connectivity index is 1.89. The Labute approximate surface area is 160 Å². The van der Waals surface area contributed by atoms with Gasteiger partial charge in [-0.25, -0.2) is 0 Å². The zero-order chi connectivity index (χ0) is 19.4. The molecule has 8 heteroatoms. The van der Waals surface area contributed by atoms with Crippen molar-refractivity contribution in [2.75, 3.05) is 6.54 Å². The quantitative estimate of drug-likeness (QED) is 0.654. The SMILES string of the molecule is CCC(C)NC(=O)C(C)NC(=O)CCN1C(=O)c2ccc(Br)cc2C1=O. The highest BCUT2D eigenvalue weighted by molar-refractivity contribution is 9.10. The van der Waals surface area contributed by atoms with E-state index in [0.29, 0.717) is 15.6 Å². The molecule has 0 spiro atoms. The number of halogens is 1. The minimum atomic E-state index is -0.686. The van der Waals surface area contributed by atoms with E-state index in [-0.39, 0.29) is 24.9 Å². The van der Waals surface area contributed by atoms with Crippen molar-refractivity contribution in [2.45, 2.75) is 45.7 Å². The Bertz CT molecular complexity index is 750. The van der Waals surface area contributed by atoms with Crippen LogP contribution in [0.2, 0.25) is 0 Å². The van der Waals surface area contributed by atoms with Crippen molar-refractivity contribution in [3.05, 3.63) is 33.8 Å². The van der Waals surface area contributed by atoms with Crippen LogP contribution >= 0.6 is 15.9 Å². The summed E-state index contributed by atoms with van der Waals surface area (Å²) < 4.78 is 0.707. The van der Waals surface area contributed by atoms with Gasteiger partial charge in [0.2, 0.25) is 11.8 Å². The summed E-state index contributed by atoms with van der Waals surface area (Å²) in [5.41, 5.74) is 0.658. The number of rotatable bonds is 7. The highest BCUT2D eigenvalue weighted by atomic mass is 79.9. The van der Waals surface area contributed by atoms with Crippen LogP contribution < -0.4 is 10.6 Å². The number of carbonyl (C=O) groups excluding carboxylic acids is 4. The average molecular weight is 424 g/mol. The number of nitrogens with zero attached hydrogens (tertiary/aromatic N) is 1. The molecule has 26 heavy (non-hydrogen) atoms. The fourth-order valence-corrected chi connectivity index (χ4v) is 2.89. The number of benzene rings is 1. The number of amides is 4. The normalized spacial score (nSPS) is 15.5. The second kappa shape index (κ2) is 8.44. The summed E-state index contributed by atoms with van der Waals surface area (Å²) in [4.78, 5) is 49.7. The molecule has 2 unspecified atom stereocenters. The van der Waals surface area contributed by atoms with Crippen molar-refractivity contribution >= 4 is 39.6 Å². The van der Waals surface area contributed by atoms with Crippen LogP contribution in [0.4, 0.5) is 0 Å². The predicted octanol–water partition coefficient (Wildman–Crippen LogP) is 1.85. The molecule has 2 atom stereocenters. The third-order valence-corrected chi connectivity index (χ3v) is 4.76. The molecule has 2 rings (SSSR count). The molecule has 0 saturated heterocycles.